The molecule has 0 saturated carbocycles. The van der Waals surface area contributed by atoms with Gasteiger partial charge >= 0.3 is 0 Å². The van der Waals surface area contributed by atoms with E-state index in [0.717, 1.165) is 41.6 Å². The van der Waals surface area contributed by atoms with Crippen molar-refractivity contribution in [3.8, 4) is 0 Å². The zero-order valence-corrected chi connectivity index (χ0v) is 16.4. The van der Waals surface area contributed by atoms with Gasteiger partial charge in [0.1, 0.15) is 5.82 Å². The molecule has 0 bridgehead atoms. The number of anilines is 2. The maximum Gasteiger partial charge on any atom is 0.155 e. The van der Waals surface area contributed by atoms with Crippen molar-refractivity contribution in [2.45, 2.75) is 33.2 Å². The molecule has 6 heteroatoms. The highest BCUT2D eigenvalue weighted by atomic mass is 32.1. The van der Waals surface area contributed by atoms with Crippen LogP contribution in [0.4, 0.5) is 11.5 Å². The first kappa shape index (κ1) is 17.7. The molecule has 3 rings (SSSR count). The van der Waals surface area contributed by atoms with Gasteiger partial charge in [-0.3, -0.25) is 0 Å². The smallest absolute Gasteiger partial charge is 0.155 e. The molecule has 25 heavy (non-hydrogen) atoms. The van der Waals surface area contributed by atoms with Crippen molar-refractivity contribution in [1.82, 2.24) is 15.0 Å². The van der Waals surface area contributed by atoms with Crippen LogP contribution in [0.2, 0.25) is 0 Å². The van der Waals surface area contributed by atoms with E-state index in [4.69, 9.17) is 9.97 Å². The topological polar surface area (TPSA) is 45.2 Å². The van der Waals surface area contributed by atoms with E-state index in [1.54, 1.807) is 5.41 Å². The monoisotopic (exact) mass is 355 g/mol. The molecule has 1 aliphatic rings. The highest BCUT2D eigenvalue weighted by Crippen LogP contribution is 2.33. The van der Waals surface area contributed by atoms with Gasteiger partial charge in [0, 0.05) is 56.3 Å². The zero-order chi connectivity index (χ0) is 18.1. The van der Waals surface area contributed by atoms with E-state index in [-0.39, 0.29) is 6.04 Å². The molecule has 0 aliphatic carbocycles. The first-order chi connectivity index (χ1) is 11.9. The van der Waals surface area contributed by atoms with E-state index in [1.807, 2.05) is 20.0 Å². The first-order valence-corrected chi connectivity index (χ1v) is 9.02. The number of hydrogen-bond acceptors (Lipinski definition) is 6. The number of allylic oxidation sites excluding steroid dienone is 1. The molecule has 0 amide bonds. The Balaban J connectivity index is 1.96. The second-order valence-corrected chi connectivity index (χ2v) is 7.00. The van der Waals surface area contributed by atoms with Gasteiger partial charge in [-0.1, -0.05) is 0 Å². The van der Waals surface area contributed by atoms with Crippen LogP contribution < -0.4 is 9.80 Å². The molecule has 0 aromatic carbocycles. The fourth-order valence-electron chi connectivity index (χ4n) is 3.16. The molecule has 0 radical (unpaired) electrons. The van der Waals surface area contributed by atoms with Crippen molar-refractivity contribution in [3.63, 3.8) is 0 Å². The fraction of sp³-hybridized carbons (Fsp3) is 0.421. The van der Waals surface area contributed by atoms with E-state index < -0.39 is 0 Å². The number of pyridine rings is 1. The lowest BCUT2D eigenvalue weighted by Gasteiger charge is -2.36. The van der Waals surface area contributed by atoms with E-state index in [2.05, 4.69) is 60.6 Å². The van der Waals surface area contributed by atoms with Crippen LogP contribution in [0, 0.1) is 6.92 Å². The Kier molecular flexibility index (Phi) is 4.99. The third-order valence-corrected chi connectivity index (χ3v) is 5.08. The van der Waals surface area contributed by atoms with Crippen molar-refractivity contribution in [2.24, 2.45) is 0 Å². The maximum absolute atomic E-state index is 4.76. The van der Waals surface area contributed by atoms with Crippen LogP contribution in [0.5, 0.6) is 0 Å². The Morgan fingerprint density at radius 2 is 2.08 bits per heavy atom. The number of fused-ring (bicyclic) bond motifs is 1. The second kappa shape index (κ2) is 7.04. The van der Waals surface area contributed by atoms with Gasteiger partial charge in [0.05, 0.1) is 11.7 Å². The van der Waals surface area contributed by atoms with Gasteiger partial charge in [0.2, 0.25) is 0 Å². The van der Waals surface area contributed by atoms with Crippen molar-refractivity contribution < 1.29 is 0 Å². The molecule has 1 unspecified atom stereocenters. The molecule has 5 nitrogen and oxygen atoms in total. The number of aromatic nitrogens is 3. The van der Waals surface area contributed by atoms with Crippen molar-refractivity contribution in [1.29, 1.82) is 0 Å². The van der Waals surface area contributed by atoms with Gasteiger partial charge in [0.25, 0.3) is 0 Å². The first-order valence-electron chi connectivity index (χ1n) is 8.50. The largest absolute Gasteiger partial charge is 0.377 e. The SMILES string of the molecule is C/C(=C\S)c1ncc2c(n1)CCN(c1cc(N(C)C)cc(C)n1)C2C. The molecule has 3 heterocycles. The van der Waals surface area contributed by atoms with Gasteiger partial charge < -0.3 is 9.80 Å². The number of thiol groups is 1. The summed E-state index contributed by atoms with van der Waals surface area (Å²) in [5.41, 5.74) is 5.49. The third kappa shape index (κ3) is 3.49. The molecule has 1 atom stereocenters. The summed E-state index contributed by atoms with van der Waals surface area (Å²) in [5, 5.41) is 1.75. The van der Waals surface area contributed by atoms with Crippen molar-refractivity contribution in [2.75, 3.05) is 30.4 Å². The van der Waals surface area contributed by atoms with E-state index in [0.29, 0.717) is 0 Å². The van der Waals surface area contributed by atoms with Crippen LogP contribution in [-0.4, -0.2) is 35.6 Å². The summed E-state index contributed by atoms with van der Waals surface area (Å²) in [6.45, 7) is 7.12. The van der Waals surface area contributed by atoms with Gasteiger partial charge in [-0.2, -0.15) is 12.6 Å². The van der Waals surface area contributed by atoms with E-state index in [9.17, 15) is 0 Å². The average Bonchev–Trinajstić information content (AvgIpc) is 2.60. The minimum Gasteiger partial charge on any atom is -0.377 e. The van der Waals surface area contributed by atoms with Crippen LogP contribution >= 0.6 is 12.6 Å². The zero-order valence-electron chi connectivity index (χ0n) is 15.5. The number of nitrogens with zero attached hydrogens (tertiary/aromatic N) is 5. The normalized spacial score (nSPS) is 17.4. The summed E-state index contributed by atoms with van der Waals surface area (Å²) < 4.78 is 0. The fourth-order valence-corrected chi connectivity index (χ4v) is 3.28. The second-order valence-electron chi connectivity index (χ2n) is 6.75. The predicted octanol–water partition coefficient (Wildman–Crippen LogP) is 3.66. The summed E-state index contributed by atoms with van der Waals surface area (Å²) in [5.74, 6) is 1.77. The predicted molar refractivity (Wildman–Crippen MR) is 107 cm³/mol. The minimum atomic E-state index is 0.197. The molecule has 0 saturated heterocycles. The van der Waals surface area contributed by atoms with Crippen molar-refractivity contribution >= 4 is 29.7 Å². The van der Waals surface area contributed by atoms with Gasteiger partial charge in [0.15, 0.2) is 5.82 Å². The molecular formula is C19H25N5S. The number of hydrogen-bond donors (Lipinski definition) is 1. The lowest BCUT2D eigenvalue weighted by Crippen LogP contribution is -2.35. The molecule has 132 valence electrons. The Bertz CT molecular complexity index is 815. The molecule has 0 spiro atoms. The van der Waals surface area contributed by atoms with Gasteiger partial charge in [-0.15, -0.1) is 0 Å². The summed E-state index contributed by atoms with van der Waals surface area (Å²) in [6.07, 6.45) is 2.85. The molecule has 0 fully saturated rings. The van der Waals surface area contributed by atoms with Gasteiger partial charge in [-0.05, 0) is 37.8 Å². The Morgan fingerprint density at radius 3 is 2.76 bits per heavy atom. The summed E-state index contributed by atoms with van der Waals surface area (Å²) in [4.78, 5) is 18.5. The van der Waals surface area contributed by atoms with Crippen molar-refractivity contribution in [3.05, 3.63) is 46.5 Å². The quantitative estimate of drug-likeness (QED) is 0.851. The summed E-state index contributed by atoms with van der Waals surface area (Å²) in [6, 6.07) is 4.45. The molecule has 2 aromatic rings. The Hall–Kier alpha value is -2.08. The lowest BCUT2D eigenvalue weighted by molar-refractivity contribution is 0.600. The number of aryl methyl sites for hydroxylation is 1. The highest BCUT2D eigenvalue weighted by Gasteiger charge is 2.27. The van der Waals surface area contributed by atoms with Crippen LogP contribution in [0.15, 0.2) is 23.7 Å². The van der Waals surface area contributed by atoms with Crippen LogP contribution in [0.3, 0.4) is 0 Å². The molecule has 1 aliphatic heterocycles. The molecular weight excluding hydrogens is 330 g/mol. The highest BCUT2D eigenvalue weighted by molar-refractivity contribution is 7.83. The third-order valence-electron chi connectivity index (χ3n) is 4.69. The van der Waals surface area contributed by atoms with E-state index >= 15 is 0 Å². The minimum absolute atomic E-state index is 0.197. The van der Waals surface area contributed by atoms with Crippen LogP contribution in [0.25, 0.3) is 5.57 Å². The lowest BCUT2D eigenvalue weighted by atomic mass is 9.99. The summed E-state index contributed by atoms with van der Waals surface area (Å²) >= 11 is 4.21. The van der Waals surface area contributed by atoms with E-state index in [1.165, 1.54) is 11.3 Å². The molecule has 2 aromatic heterocycles. The molecule has 0 N–H and O–H groups in total. The van der Waals surface area contributed by atoms with Gasteiger partial charge in [-0.25, -0.2) is 15.0 Å². The van der Waals surface area contributed by atoms with Crippen LogP contribution in [-0.2, 0) is 6.42 Å². The standard InChI is InChI=1S/C19H25N5S/c1-12(11-25)19-20-10-16-14(3)24(7-6-17(16)22-19)18-9-15(23(4)5)8-13(2)21-18/h8-11,14,25H,6-7H2,1-5H3/b12-11+. The maximum atomic E-state index is 4.76. The Morgan fingerprint density at radius 1 is 1.32 bits per heavy atom. The summed E-state index contributed by atoms with van der Waals surface area (Å²) in [7, 11) is 4.11. The number of rotatable bonds is 3. The Labute approximate surface area is 155 Å². The average molecular weight is 356 g/mol. The van der Waals surface area contributed by atoms with Crippen LogP contribution in [0.1, 0.15) is 42.7 Å².